The number of pyridine rings is 1. The summed E-state index contributed by atoms with van der Waals surface area (Å²) in [6.07, 6.45) is 9.16. The van der Waals surface area contributed by atoms with Gasteiger partial charge >= 0.3 is 0 Å². The molecule has 0 aliphatic carbocycles. The molecule has 120 valence electrons. The lowest BCUT2D eigenvalue weighted by Crippen LogP contribution is -2.65. The zero-order chi connectivity index (χ0) is 15.5. The molecular weight excluding hydrogens is 292 g/mol. The molecule has 0 unspecified atom stereocenters. The first-order chi connectivity index (χ1) is 11.4. The van der Waals surface area contributed by atoms with Crippen LogP contribution in [0.3, 0.4) is 0 Å². The first kappa shape index (κ1) is 14.4. The molecule has 0 saturated carbocycles. The van der Waals surface area contributed by atoms with Gasteiger partial charge in [-0.05, 0) is 37.0 Å². The summed E-state index contributed by atoms with van der Waals surface area (Å²) in [7, 11) is 0. The Balaban J connectivity index is 1.31. The van der Waals surface area contributed by atoms with Gasteiger partial charge in [0.05, 0.1) is 25.9 Å². The Morgan fingerprint density at radius 3 is 2.87 bits per heavy atom. The molecule has 2 aliphatic heterocycles. The van der Waals surface area contributed by atoms with E-state index in [0.717, 1.165) is 44.2 Å². The van der Waals surface area contributed by atoms with Gasteiger partial charge in [-0.3, -0.25) is 4.98 Å². The Hall–Kier alpha value is -2.21. The van der Waals surface area contributed by atoms with E-state index < -0.39 is 0 Å². The van der Waals surface area contributed by atoms with Crippen molar-refractivity contribution in [3.05, 3.63) is 43.0 Å². The maximum absolute atomic E-state index is 6.08. The maximum Gasteiger partial charge on any atom is 0.225 e. The minimum Gasteiger partial charge on any atom is -0.492 e. The predicted octanol–water partition coefficient (Wildman–Crippen LogP) is 1.94. The number of aromatic nitrogens is 3. The molecule has 2 saturated heterocycles. The molecule has 0 amide bonds. The van der Waals surface area contributed by atoms with Gasteiger partial charge in [0.25, 0.3) is 0 Å². The van der Waals surface area contributed by atoms with Crippen molar-refractivity contribution in [1.29, 1.82) is 0 Å². The molecule has 0 bridgehead atoms. The van der Waals surface area contributed by atoms with Crippen LogP contribution in [0.5, 0.6) is 5.75 Å². The number of hydrogen-bond acceptors (Lipinski definition) is 6. The van der Waals surface area contributed by atoms with Gasteiger partial charge in [0, 0.05) is 25.2 Å². The topological polar surface area (TPSA) is 60.4 Å². The van der Waals surface area contributed by atoms with Crippen LogP contribution in [0, 0.1) is 5.92 Å². The molecule has 2 aromatic rings. The number of rotatable bonds is 5. The fraction of sp³-hybridized carbons (Fsp3) is 0.471. The maximum atomic E-state index is 6.08. The van der Waals surface area contributed by atoms with Crippen molar-refractivity contribution in [1.82, 2.24) is 15.0 Å². The highest BCUT2D eigenvalue weighted by molar-refractivity contribution is 5.37. The van der Waals surface area contributed by atoms with Gasteiger partial charge in [-0.25, -0.2) is 9.97 Å². The third-order valence-corrected chi connectivity index (χ3v) is 4.72. The fourth-order valence-electron chi connectivity index (χ4n) is 3.49. The van der Waals surface area contributed by atoms with Crippen molar-refractivity contribution in [3.63, 3.8) is 0 Å². The standard InChI is InChI=1S/C17H20N4O2/c1-3-15(11-18-6-1)22-9-4-14-5-10-23-17(14)12-21(13-17)16-19-7-2-8-20-16/h1-3,6-8,11,14H,4-5,9-10,12-13H2/t14-/m0/s1. The second-order valence-electron chi connectivity index (χ2n) is 6.13. The van der Waals surface area contributed by atoms with Gasteiger partial charge < -0.3 is 14.4 Å². The minimum atomic E-state index is -0.0441. The molecule has 4 heterocycles. The van der Waals surface area contributed by atoms with Crippen LogP contribution in [0.15, 0.2) is 43.0 Å². The Labute approximate surface area is 135 Å². The fourth-order valence-corrected chi connectivity index (χ4v) is 3.49. The Morgan fingerprint density at radius 2 is 2.09 bits per heavy atom. The van der Waals surface area contributed by atoms with Crippen molar-refractivity contribution in [3.8, 4) is 5.75 Å². The van der Waals surface area contributed by atoms with Crippen LogP contribution in [0.25, 0.3) is 0 Å². The highest BCUT2D eigenvalue weighted by atomic mass is 16.5. The lowest BCUT2D eigenvalue weighted by Gasteiger charge is -2.50. The Kier molecular flexibility index (Phi) is 3.83. The summed E-state index contributed by atoms with van der Waals surface area (Å²) in [5.41, 5.74) is -0.0441. The molecule has 4 rings (SSSR count). The van der Waals surface area contributed by atoms with Crippen LogP contribution in [-0.2, 0) is 4.74 Å². The average Bonchev–Trinajstić information content (AvgIpc) is 2.99. The summed E-state index contributed by atoms with van der Waals surface area (Å²) in [5.74, 6) is 2.14. The first-order valence-corrected chi connectivity index (χ1v) is 8.04. The molecule has 2 aromatic heterocycles. The molecule has 6 nitrogen and oxygen atoms in total. The van der Waals surface area contributed by atoms with Crippen LogP contribution >= 0.6 is 0 Å². The summed E-state index contributed by atoms with van der Waals surface area (Å²) in [4.78, 5) is 14.9. The number of hydrogen-bond donors (Lipinski definition) is 0. The van der Waals surface area contributed by atoms with Gasteiger partial charge in [-0.2, -0.15) is 0 Å². The number of ether oxygens (including phenoxy) is 2. The van der Waals surface area contributed by atoms with Crippen LogP contribution in [-0.4, -0.2) is 46.9 Å². The zero-order valence-electron chi connectivity index (χ0n) is 13.0. The molecular formula is C17H20N4O2. The second kappa shape index (κ2) is 6.12. The molecule has 0 N–H and O–H groups in total. The predicted molar refractivity (Wildman–Crippen MR) is 85.4 cm³/mol. The molecule has 1 atom stereocenters. The van der Waals surface area contributed by atoms with Crippen LogP contribution in [0.2, 0.25) is 0 Å². The minimum absolute atomic E-state index is 0.0441. The normalized spacial score (nSPS) is 22.1. The van der Waals surface area contributed by atoms with Gasteiger partial charge in [0.2, 0.25) is 5.95 Å². The van der Waals surface area contributed by atoms with E-state index in [4.69, 9.17) is 9.47 Å². The molecule has 0 radical (unpaired) electrons. The third kappa shape index (κ3) is 2.86. The average molecular weight is 312 g/mol. The molecule has 23 heavy (non-hydrogen) atoms. The first-order valence-electron chi connectivity index (χ1n) is 8.04. The Morgan fingerprint density at radius 1 is 1.22 bits per heavy atom. The largest absolute Gasteiger partial charge is 0.492 e. The lowest BCUT2D eigenvalue weighted by molar-refractivity contribution is -0.0481. The zero-order valence-corrected chi connectivity index (χ0v) is 13.0. The van der Waals surface area contributed by atoms with E-state index in [1.807, 2.05) is 18.2 Å². The monoisotopic (exact) mass is 312 g/mol. The molecule has 1 spiro atoms. The van der Waals surface area contributed by atoms with Gasteiger partial charge in [0.15, 0.2) is 0 Å². The summed E-state index contributed by atoms with van der Waals surface area (Å²) in [5, 5.41) is 0. The highest BCUT2D eigenvalue weighted by Crippen LogP contribution is 2.42. The molecule has 6 heteroatoms. The summed E-state index contributed by atoms with van der Waals surface area (Å²) >= 11 is 0. The molecule has 0 aromatic carbocycles. The number of anilines is 1. The summed E-state index contributed by atoms with van der Waals surface area (Å²) in [6.45, 7) is 3.27. The van der Waals surface area contributed by atoms with Crippen LogP contribution in [0.4, 0.5) is 5.95 Å². The van der Waals surface area contributed by atoms with Crippen molar-refractivity contribution < 1.29 is 9.47 Å². The van der Waals surface area contributed by atoms with Crippen LogP contribution < -0.4 is 9.64 Å². The lowest BCUT2D eigenvalue weighted by atomic mass is 9.79. The van der Waals surface area contributed by atoms with E-state index in [2.05, 4.69) is 19.9 Å². The van der Waals surface area contributed by atoms with Crippen molar-refractivity contribution >= 4 is 5.95 Å². The van der Waals surface area contributed by atoms with E-state index in [9.17, 15) is 0 Å². The third-order valence-electron chi connectivity index (χ3n) is 4.72. The summed E-state index contributed by atoms with van der Waals surface area (Å²) in [6, 6.07) is 5.66. The SMILES string of the molecule is c1cnc(N2CC3(C2)OCC[C@@H]3CCOc2cccnc2)nc1. The van der Waals surface area contributed by atoms with E-state index in [1.165, 1.54) is 0 Å². The van der Waals surface area contributed by atoms with Crippen molar-refractivity contribution in [2.24, 2.45) is 5.92 Å². The van der Waals surface area contributed by atoms with Gasteiger partial charge in [0.1, 0.15) is 11.4 Å². The second-order valence-corrected chi connectivity index (χ2v) is 6.13. The van der Waals surface area contributed by atoms with E-state index in [0.29, 0.717) is 12.5 Å². The van der Waals surface area contributed by atoms with E-state index >= 15 is 0 Å². The smallest absolute Gasteiger partial charge is 0.225 e. The summed E-state index contributed by atoms with van der Waals surface area (Å²) < 4.78 is 11.9. The van der Waals surface area contributed by atoms with Gasteiger partial charge in [-0.1, -0.05) is 0 Å². The van der Waals surface area contributed by atoms with Gasteiger partial charge in [-0.15, -0.1) is 0 Å². The number of nitrogens with zero attached hydrogens (tertiary/aromatic N) is 4. The quantitative estimate of drug-likeness (QED) is 0.841. The van der Waals surface area contributed by atoms with Crippen LogP contribution in [0.1, 0.15) is 12.8 Å². The molecule has 2 fully saturated rings. The molecule has 2 aliphatic rings. The van der Waals surface area contributed by atoms with E-state index in [1.54, 1.807) is 24.8 Å². The van der Waals surface area contributed by atoms with Crippen molar-refractivity contribution in [2.75, 3.05) is 31.2 Å². The van der Waals surface area contributed by atoms with Crippen molar-refractivity contribution in [2.45, 2.75) is 18.4 Å². The van der Waals surface area contributed by atoms with E-state index in [-0.39, 0.29) is 5.60 Å². The Bertz CT molecular complexity index is 632. The highest BCUT2D eigenvalue weighted by Gasteiger charge is 2.53.